The summed E-state index contributed by atoms with van der Waals surface area (Å²) in [5, 5.41) is 11.6. The molecule has 6 heteroatoms. The zero-order valence-electron chi connectivity index (χ0n) is 11.6. The Morgan fingerprint density at radius 2 is 2.25 bits per heavy atom. The fourth-order valence-corrected chi connectivity index (χ4v) is 2.17. The molecule has 3 atom stereocenters. The van der Waals surface area contributed by atoms with Crippen molar-refractivity contribution >= 4 is 11.9 Å². The van der Waals surface area contributed by atoms with E-state index in [4.69, 9.17) is 14.3 Å². The first kappa shape index (κ1) is 14.6. The number of amides is 1. The molecule has 1 aromatic heterocycles. The van der Waals surface area contributed by atoms with Gasteiger partial charge in [-0.25, -0.2) is 0 Å². The Morgan fingerprint density at radius 1 is 1.50 bits per heavy atom. The van der Waals surface area contributed by atoms with Crippen molar-refractivity contribution in [2.24, 2.45) is 11.8 Å². The number of carbonyl (C=O) groups excluding carboxylic acids is 1. The van der Waals surface area contributed by atoms with Crippen LogP contribution in [0, 0.1) is 11.8 Å². The number of rotatable bonds is 7. The lowest BCUT2D eigenvalue weighted by atomic mass is 10.2. The van der Waals surface area contributed by atoms with Gasteiger partial charge in [0.1, 0.15) is 17.6 Å². The van der Waals surface area contributed by atoms with Gasteiger partial charge in [-0.1, -0.05) is 6.92 Å². The Morgan fingerprint density at radius 3 is 2.75 bits per heavy atom. The first-order valence-electron chi connectivity index (χ1n) is 6.67. The van der Waals surface area contributed by atoms with Gasteiger partial charge in [0.2, 0.25) is 5.91 Å². The van der Waals surface area contributed by atoms with Crippen LogP contribution in [0.2, 0.25) is 0 Å². The molecule has 0 radical (unpaired) electrons. The summed E-state index contributed by atoms with van der Waals surface area (Å²) < 4.78 is 10.7. The normalized spacial score (nSPS) is 22.3. The highest BCUT2D eigenvalue weighted by Crippen LogP contribution is 2.39. The van der Waals surface area contributed by atoms with Gasteiger partial charge in [-0.3, -0.25) is 9.59 Å². The molecule has 1 saturated carbocycles. The molecule has 1 heterocycles. The molecule has 0 aliphatic heterocycles. The van der Waals surface area contributed by atoms with Crippen LogP contribution >= 0.6 is 0 Å². The maximum absolute atomic E-state index is 12.0. The fourth-order valence-electron chi connectivity index (χ4n) is 2.17. The summed E-state index contributed by atoms with van der Waals surface area (Å²) in [5.41, 5.74) is 0. The Hall–Kier alpha value is -1.82. The van der Waals surface area contributed by atoms with Crippen LogP contribution in [0.15, 0.2) is 16.5 Å². The van der Waals surface area contributed by atoms with E-state index in [1.54, 1.807) is 7.11 Å². The van der Waals surface area contributed by atoms with Gasteiger partial charge >= 0.3 is 5.97 Å². The van der Waals surface area contributed by atoms with E-state index in [1.807, 2.05) is 19.1 Å². The minimum absolute atomic E-state index is 0.256. The number of ether oxygens (including phenoxy) is 1. The molecule has 1 aromatic rings. The first-order chi connectivity index (χ1) is 9.56. The van der Waals surface area contributed by atoms with E-state index in [9.17, 15) is 9.59 Å². The third kappa shape index (κ3) is 3.19. The van der Waals surface area contributed by atoms with Crippen molar-refractivity contribution in [1.82, 2.24) is 5.32 Å². The zero-order chi connectivity index (χ0) is 14.7. The van der Waals surface area contributed by atoms with E-state index in [0.717, 1.165) is 12.2 Å². The molecule has 2 rings (SSSR count). The zero-order valence-corrected chi connectivity index (χ0v) is 11.6. The predicted molar refractivity (Wildman–Crippen MR) is 70.1 cm³/mol. The molecular weight excluding hydrogens is 262 g/mol. The van der Waals surface area contributed by atoms with Crippen LogP contribution in [0.1, 0.15) is 30.9 Å². The van der Waals surface area contributed by atoms with Crippen LogP contribution in [-0.2, 0) is 20.7 Å². The number of nitrogens with one attached hydrogen (secondary N) is 1. The molecule has 0 bridgehead atoms. The second-order valence-corrected chi connectivity index (χ2v) is 4.96. The van der Waals surface area contributed by atoms with Gasteiger partial charge in [-0.2, -0.15) is 0 Å². The summed E-state index contributed by atoms with van der Waals surface area (Å²) >= 11 is 0. The minimum Gasteiger partial charge on any atom is -0.481 e. The summed E-state index contributed by atoms with van der Waals surface area (Å²) in [7, 11) is 1.54. The summed E-state index contributed by atoms with van der Waals surface area (Å²) in [6.45, 7) is 2.26. The van der Waals surface area contributed by atoms with Crippen molar-refractivity contribution in [3.05, 3.63) is 23.7 Å². The highest BCUT2D eigenvalue weighted by molar-refractivity contribution is 5.89. The predicted octanol–water partition coefficient (Wildman–Crippen LogP) is 1.37. The summed E-state index contributed by atoms with van der Waals surface area (Å²) in [6.07, 6.45) is 1.18. The summed E-state index contributed by atoms with van der Waals surface area (Å²) in [5.74, 6) is -0.697. The second kappa shape index (κ2) is 6.09. The number of carboxylic acid groups (broad SMARTS) is 1. The second-order valence-electron chi connectivity index (χ2n) is 4.96. The van der Waals surface area contributed by atoms with Gasteiger partial charge in [0.25, 0.3) is 0 Å². The molecule has 110 valence electrons. The average molecular weight is 281 g/mol. The lowest BCUT2D eigenvalue weighted by Gasteiger charge is -2.15. The highest BCUT2D eigenvalue weighted by atomic mass is 16.5. The molecule has 0 aromatic carbocycles. The monoisotopic (exact) mass is 281 g/mol. The molecule has 0 spiro atoms. The Bertz CT molecular complexity index is 496. The van der Waals surface area contributed by atoms with Crippen LogP contribution in [0.5, 0.6) is 0 Å². The average Bonchev–Trinajstić information content (AvgIpc) is 3.09. The van der Waals surface area contributed by atoms with Crippen LogP contribution in [0.25, 0.3) is 0 Å². The van der Waals surface area contributed by atoms with Crippen molar-refractivity contribution in [1.29, 1.82) is 0 Å². The summed E-state index contributed by atoms with van der Waals surface area (Å²) in [6, 6.07) is 3.29. The Balaban J connectivity index is 1.99. The molecular formula is C14H19NO5. The minimum atomic E-state index is -0.917. The number of furan rings is 1. The van der Waals surface area contributed by atoms with E-state index in [2.05, 4.69) is 5.32 Å². The van der Waals surface area contributed by atoms with Crippen molar-refractivity contribution < 1.29 is 23.8 Å². The van der Waals surface area contributed by atoms with E-state index >= 15 is 0 Å². The highest BCUT2D eigenvalue weighted by Gasteiger charge is 2.48. The molecule has 6 nitrogen and oxygen atoms in total. The molecule has 0 saturated heterocycles. The Labute approximate surface area is 117 Å². The maximum atomic E-state index is 12.0. The van der Waals surface area contributed by atoms with Gasteiger partial charge < -0.3 is 19.6 Å². The van der Waals surface area contributed by atoms with Gasteiger partial charge in [0, 0.05) is 13.5 Å². The SMILES string of the molecule is CCc1ccc([C@H](COC)NC(=O)[C@H]2C[C@H]2C(=O)O)o1. The van der Waals surface area contributed by atoms with E-state index < -0.39 is 17.8 Å². The number of hydrogen-bond donors (Lipinski definition) is 2. The third-order valence-electron chi connectivity index (χ3n) is 3.47. The van der Waals surface area contributed by atoms with Crippen molar-refractivity contribution in [3.8, 4) is 0 Å². The molecule has 20 heavy (non-hydrogen) atoms. The molecule has 1 aliphatic rings. The lowest BCUT2D eigenvalue weighted by Crippen LogP contribution is -2.33. The largest absolute Gasteiger partial charge is 0.481 e. The Kier molecular flexibility index (Phi) is 4.44. The van der Waals surface area contributed by atoms with Crippen LogP contribution < -0.4 is 5.32 Å². The molecule has 1 amide bonds. The van der Waals surface area contributed by atoms with E-state index in [-0.39, 0.29) is 18.6 Å². The molecule has 2 N–H and O–H groups in total. The van der Waals surface area contributed by atoms with Crippen LogP contribution in [0.4, 0.5) is 0 Å². The fraction of sp³-hybridized carbons (Fsp3) is 0.571. The van der Waals surface area contributed by atoms with Gasteiger partial charge in [-0.15, -0.1) is 0 Å². The number of carboxylic acids is 1. The van der Waals surface area contributed by atoms with Crippen LogP contribution in [0.3, 0.4) is 0 Å². The first-order valence-corrected chi connectivity index (χ1v) is 6.67. The van der Waals surface area contributed by atoms with Gasteiger partial charge in [-0.05, 0) is 18.6 Å². The smallest absolute Gasteiger partial charge is 0.307 e. The number of aryl methyl sites for hydroxylation is 1. The lowest BCUT2D eigenvalue weighted by molar-refractivity contribution is -0.140. The van der Waals surface area contributed by atoms with Gasteiger partial charge in [0.15, 0.2) is 0 Å². The number of methoxy groups -OCH3 is 1. The molecule has 1 fully saturated rings. The number of carbonyl (C=O) groups is 2. The van der Waals surface area contributed by atoms with E-state index in [0.29, 0.717) is 12.2 Å². The van der Waals surface area contributed by atoms with Crippen molar-refractivity contribution in [2.75, 3.05) is 13.7 Å². The summed E-state index contributed by atoms with van der Waals surface area (Å²) in [4.78, 5) is 22.8. The number of aliphatic carboxylic acids is 1. The van der Waals surface area contributed by atoms with Crippen molar-refractivity contribution in [2.45, 2.75) is 25.8 Å². The quantitative estimate of drug-likeness (QED) is 0.788. The third-order valence-corrected chi connectivity index (χ3v) is 3.47. The molecule has 0 unspecified atom stereocenters. The maximum Gasteiger partial charge on any atom is 0.307 e. The van der Waals surface area contributed by atoms with Crippen molar-refractivity contribution in [3.63, 3.8) is 0 Å². The molecule has 1 aliphatic carbocycles. The van der Waals surface area contributed by atoms with Gasteiger partial charge in [0.05, 0.1) is 18.4 Å². The number of hydrogen-bond acceptors (Lipinski definition) is 4. The topological polar surface area (TPSA) is 88.8 Å². The van der Waals surface area contributed by atoms with Crippen LogP contribution in [-0.4, -0.2) is 30.7 Å². The van der Waals surface area contributed by atoms with E-state index in [1.165, 1.54) is 0 Å². The standard InChI is InChI=1S/C14H19NO5/c1-3-8-4-5-12(20-8)11(7-19-2)15-13(16)9-6-10(9)14(17)18/h4-5,9-11H,3,6-7H2,1-2H3,(H,15,16)(H,17,18)/t9-,10+,11-/m0/s1.